The van der Waals surface area contributed by atoms with Crippen LogP contribution in [-0.4, -0.2) is 33.3 Å². The molecule has 16 heavy (non-hydrogen) atoms. The lowest BCUT2D eigenvalue weighted by Gasteiger charge is -2.43. The van der Waals surface area contributed by atoms with Gasteiger partial charge in [-0.15, -0.1) is 0 Å². The number of fused-ring (bicyclic) bond motifs is 2. The van der Waals surface area contributed by atoms with E-state index in [1.165, 1.54) is 7.11 Å². The van der Waals surface area contributed by atoms with Gasteiger partial charge in [0, 0.05) is 6.61 Å². The molecular weight excluding hydrogens is 224 g/mol. The van der Waals surface area contributed by atoms with Gasteiger partial charge < -0.3 is 22.4 Å². The van der Waals surface area contributed by atoms with Crippen molar-refractivity contribution >= 4 is 12.9 Å². The van der Waals surface area contributed by atoms with Crippen LogP contribution in [0.25, 0.3) is 0 Å². The minimum absolute atomic E-state index is 0.0222. The van der Waals surface area contributed by atoms with Gasteiger partial charge in [0.2, 0.25) is 0 Å². The highest BCUT2D eigenvalue weighted by Gasteiger charge is 2.63. The Kier molecular flexibility index (Phi) is 2.49. The van der Waals surface area contributed by atoms with E-state index in [1.54, 1.807) is 0 Å². The van der Waals surface area contributed by atoms with Crippen LogP contribution in [0.3, 0.4) is 0 Å². The molecule has 92 valence electrons. The van der Waals surface area contributed by atoms with Crippen LogP contribution in [0.4, 0.5) is 12.9 Å². The fourth-order valence-corrected chi connectivity index (χ4v) is 2.86. The van der Waals surface area contributed by atoms with Crippen LogP contribution in [0.1, 0.15) is 19.3 Å². The van der Waals surface area contributed by atoms with Gasteiger partial charge in [-0.05, 0) is 11.7 Å². The number of carbonyl (C=O) groups excluding carboxylic acids is 1. The molecule has 7 heteroatoms. The zero-order chi connectivity index (χ0) is 12.0. The maximum Gasteiger partial charge on any atom is 0.486 e. The van der Waals surface area contributed by atoms with Gasteiger partial charge in [-0.2, -0.15) is 0 Å². The minimum Gasteiger partial charge on any atom is -0.469 e. The third-order valence-electron chi connectivity index (χ3n) is 3.87. The molecule has 0 radical (unpaired) electrons. The molecule has 0 aromatic carbocycles. The van der Waals surface area contributed by atoms with Crippen molar-refractivity contribution in [1.29, 1.82) is 0 Å². The van der Waals surface area contributed by atoms with Crippen LogP contribution in [0, 0.1) is 5.41 Å². The van der Waals surface area contributed by atoms with Crippen molar-refractivity contribution in [1.82, 2.24) is 0 Å². The predicted octanol–water partition coefficient (Wildman–Crippen LogP) is 1.95. The molecule has 0 N–H and O–H groups in total. The van der Waals surface area contributed by atoms with Gasteiger partial charge >= 0.3 is 12.9 Å². The lowest BCUT2D eigenvalue weighted by atomic mass is 9.55. The number of ether oxygens (including phenoxy) is 2. The van der Waals surface area contributed by atoms with Crippen molar-refractivity contribution < 1.29 is 27.2 Å². The molecule has 0 amide bonds. The summed E-state index contributed by atoms with van der Waals surface area (Å²) in [7, 11) is 1.20. The summed E-state index contributed by atoms with van der Waals surface area (Å²) in [6, 6.07) is 0. The summed E-state index contributed by atoms with van der Waals surface area (Å²) in [5.74, 6) is -0.575. The summed E-state index contributed by atoms with van der Waals surface area (Å²) in [6.45, 7) is -5.25. The van der Waals surface area contributed by atoms with Crippen molar-refractivity contribution in [2.24, 2.45) is 5.41 Å². The minimum atomic E-state index is -4.99. The average molecular weight is 237 g/mol. The van der Waals surface area contributed by atoms with Crippen molar-refractivity contribution in [3.63, 3.8) is 0 Å². The zero-order valence-corrected chi connectivity index (χ0v) is 8.97. The van der Waals surface area contributed by atoms with Crippen molar-refractivity contribution in [3.8, 4) is 0 Å². The Hall–Kier alpha value is -0.715. The highest BCUT2D eigenvalue weighted by atomic mass is 19.4. The SMILES string of the molecule is COC(=O)C12CCC([B-](F)(F)F)(COC1)C2. The molecule has 0 aromatic rings. The first kappa shape index (κ1) is 11.8. The summed E-state index contributed by atoms with van der Waals surface area (Å²) in [5.41, 5.74) is -1.07. The van der Waals surface area contributed by atoms with Crippen molar-refractivity contribution in [2.45, 2.75) is 24.6 Å². The summed E-state index contributed by atoms with van der Waals surface area (Å²) >= 11 is 0. The first-order valence-electron chi connectivity index (χ1n) is 5.21. The third-order valence-corrected chi connectivity index (χ3v) is 3.87. The van der Waals surface area contributed by atoms with E-state index in [2.05, 4.69) is 4.74 Å². The van der Waals surface area contributed by atoms with Crippen LogP contribution < -0.4 is 0 Å². The van der Waals surface area contributed by atoms with Crippen molar-refractivity contribution in [2.75, 3.05) is 20.3 Å². The van der Waals surface area contributed by atoms with Gasteiger partial charge in [0.05, 0.1) is 19.1 Å². The third kappa shape index (κ3) is 1.44. The van der Waals surface area contributed by atoms with E-state index in [9.17, 15) is 17.7 Å². The first-order valence-corrected chi connectivity index (χ1v) is 5.21. The van der Waals surface area contributed by atoms with E-state index >= 15 is 0 Å². The van der Waals surface area contributed by atoms with Gasteiger partial charge in [-0.25, -0.2) is 0 Å². The molecule has 2 unspecified atom stereocenters. The van der Waals surface area contributed by atoms with E-state index in [0.717, 1.165) is 0 Å². The first-order chi connectivity index (χ1) is 7.35. The monoisotopic (exact) mass is 237 g/mol. The standard InChI is InChI=1S/C9H13BF3O3/c1-15-7(14)8-2-3-9(4-8,6-16-5-8)10(11,12)13/h2-6H2,1H3/q-1. The van der Waals surface area contributed by atoms with E-state index in [1.807, 2.05) is 0 Å². The second kappa shape index (κ2) is 3.39. The van der Waals surface area contributed by atoms with E-state index in [0.29, 0.717) is 0 Å². The Morgan fingerprint density at radius 2 is 2.00 bits per heavy atom. The van der Waals surface area contributed by atoms with Crippen LogP contribution in [0.2, 0.25) is 5.31 Å². The number of carbonyl (C=O) groups is 1. The second-order valence-electron chi connectivity index (χ2n) is 4.88. The number of methoxy groups -OCH3 is 1. The molecular formula is C9H13BF3O3-. The number of rotatable bonds is 2. The average Bonchev–Trinajstić information content (AvgIpc) is 2.51. The predicted molar refractivity (Wildman–Crippen MR) is 50.9 cm³/mol. The highest BCUT2D eigenvalue weighted by molar-refractivity contribution is 6.62. The Balaban J connectivity index is 2.28. The molecule has 1 saturated heterocycles. The maximum absolute atomic E-state index is 13.0. The molecule has 1 aliphatic heterocycles. The molecule has 3 nitrogen and oxygen atoms in total. The van der Waals surface area contributed by atoms with Gasteiger partial charge in [0.25, 0.3) is 0 Å². The molecule has 1 heterocycles. The highest BCUT2D eigenvalue weighted by Crippen LogP contribution is 2.63. The van der Waals surface area contributed by atoms with Gasteiger partial charge in [-0.3, -0.25) is 4.79 Å². The van der Waals surface area contributed by atoms with Crippen LogP contribution >= 0.6 is 0 Å². The Bertz CT molecular complexity index is 320. The summed E-state index contributed by atoms with van der Waals surface area (Å²) in [4.78, 5) is 11.6. The lowest BCUT2D eigenvalue weighted by molar-refractivity contribution is -0.159. The molecule has 2 rings (SSSR count). The normalized spacial score (nSPS) is 38.5. The fraction of sp³-hybridized carbons (Fsp3) is 0.889. The van der Waals surface area contributed by atoms with E-state index < -0.39 is 23.7 Å². The number of hydrogen-bond acceptors (Lipinski definition) is 3. The second-order valence-corrected chi connectivity index (χ2v) is 4.88. The zero-order valence-electron chi connectivity index (χ0n) is 8.97. The fourth-order valence-electron chi connectivity index (χ4n) is 2.86. The number of hydrogen-bond donors (Lipinski definition) is 0. The molecule has 1 aliphatic carbocycles. The van der Waals surface area contributed by atoms with Crippen LogP contribution in [-0.2, 0) is 14.3 Å². The van der Waals surface area contributed by atoms with Gasteiger partial charge in [-0.1, -0.05) is 12.8 Å². The van der Waals surface area contributed by atoms with Crippen molar-refractivity contribution in [3.05, 3.63) is 0 Å². The van der Waals surface area contributed by atoms with E-state index in [4.69, 9.17) is 4.74 Å². The number of esters is 1. The number of halogens is 3. The molecule has 2 bridgehead atoms. The molecule has 2 fully saturated rings. The maximum atomic E-state index is 13.0. The largest absolute Gasteiger partial charge is 0.486 e. The van der Waals surface area contributed by atoms with Crippen LogP contribution in [0.15, 0.2) is 0 Å². The summed E-state index contributed by atoms with van der Waals surface area (Å²) in [6.07, 6.45) is 0.0166. The topological polar surface area (TPSA) is 35.5 Å². The van der Waals surface area contributed by atoms with E-state index in [-0.39, 0.29) is 32.5 Å². The Morgan fingerprint density at radius 1 is 1.31 bits per heavy atom. The molecule has 0 aromatic heterocycles. The Labute approximate surface area is 91.3 Å². The quantitative estimate of drug-likeness (QED) is 0.543. The Morgan fingerprint density at radius 3 is 2.56 bits per heavy atom. The molecule has 1 saturated carbocycles. The van der Waals surface area contributed by atoms with Crippen LogP contribution in [0.5, 0.6) is 0 Å². The summed E-state index contributed by atoms with van der Waals surface area (Å²) in [5, 5.41) is -1.79. The lowest BCUT2D eigenvalue weighted by Crippen LogP contribution is -2.46. The van der Waals surface area contributed by atoms with Gasteiger partial charge in [0.1, 0.15) is 0 Å². The van der Waals surface area contributed by atoms with Gasteiger partial charge in [0.15, 0.2) is 0 Å². The summed E-state index contributed by atoms with van der Waals surface area (Å²) < 4.78 is 48.6. The molecule has 2 aliphatic rings. The molecule has 0 spiro atoms. The molecule has 2 atom stereocenters. The smallest absolute Gasteiger partial charge is 0.469 e.